The summed E-state index contributed by atoms with van der Waals surface area (Å²) in [5.41, 5.74) is 0. The van der Waals surface area contributed by atoms with Crippen LogP contribution in [-0.2, 0) is 14.8 Å². The summed E-state index contributed by atoms with van der Waals surface area (Å²) < 4.78 is 44.7. The third-order valence-electron chi connectivity index (χ3n) is 2.27. The van der Waals surface area contributed by atoms with Crippen molar-refractivity contribution in [3.05, 3.63) is 28.0 Å². The normalized spacial score (nSPS) is 11.8. The minimum atomic E-state index is -3.89. The molecule has 4 nitrogen and oxygen atoms in total. The minimum absolute atomic E-state index is 0.144. The monoisotopic (exact) mass is 363 g/mol. The maximum absolute atomic E-state index is 13.5. The number of halogens is 4. The summed E-state index contributed by atoms with van der Waals surface area (Å²) in [6.07, 6.45) is 0.462. The van der Waals surface area contributed by atoms with Gasteiger partial charge in [0.1, 0.15) is 4.90 Å². The molecule has 0 radical (unpaired) electrons. The average Bonchev–Trinajstić information content (AvgIpc) is 2.39. The zero-order chi connectivity index (χ0) is 15.2. The molecular formula is C11H13Cl3FNO3S. The Morgan fingerprint density at radius 2 is 1.95 bits per heavy atom. The highest BCUT2D eigenvalue weighted by Crippen LogP contribution is 2.29. The molecule has 0 aliphatic rings. The zero-order valence-electron chi connectivity index (χ0n) is 10.3. The van der Waals surface area contributed by atoms with Crippen molar-refractivity contribution in [3.63, 3.8) is 0 Å². The van der Waals surface area contributed by atoms with Crippen molar-refractivity contribution >= 4 is 44.8 Å². The number of benzene rings is 1. The number of ether oxygens (including phenoxy) is 1. The van der Waals surface area contributed by atoms with Crippen LogP contribution >= 0.6 is 34.8 Å². The molecule has 0 aliphatic carbocycles. The van der Waals surface area contributed by atoms with E-state index in [4.69, 9.17) is 39.5 Å². The third kappa shape index (κ3) is 5.02. The van der Waals surface area contributed by atoms with E-state index >= 15 is 0 Å². The molecule has 0 unspecified atom stereocenters. The molecule has 9 heteroatoms. The number of nitrogens with one attached hydrogen (secondary N) is 1. The average molecular weight is 365 g/mol. The Labute approximate surface area is 132 Å². The lowest BCUT2D eigenvalue weighted by Gasteiger charge is -2.09. The smallest absolute Gasteiger partial charge is 0.242 e. The Hall–Kier alpha value is -0.110. The fraction of sp³-hybridized carbons (Fsp3) is 0.455. The third-order valence-corrected chi connectivity index (χ3v) is 4.70. The van der Waals surface area contributed by atoms with Crippen LogP contribution in [0.1, 0.15) is 6.42 Å². The standard InChI is InChI=1S/C11H13Cl3FNO3S/c12-4-7-19-6-1-5-16-20(17,18)9-3-2-8(13)11(15)10(9)14/h2-3,16H,1,4-7H2. The van der Waals surface area contributed by atoms with Crippen molar-refractivity contribution in [2.75, 3.05) is 25.6 Å². The van der Waals surface area contributed by atoms with Gasteiger partial charge in [0, 0.05) is 19.0 Å². The van der Waals surface area contributed by atoms with Gasteiger partial charge < -0.3 is 4.74 Å². The van der Waals surface area contributed by atoms with Gasteiger partial charge in [-0.1, -0.05) is 23.2 Å². The molecule has 1 N–H and O–H groups in total. The summed E-state index contributed by atoms with van der Waals surface area (Å²) in [6, 6.07) is 2.29. The summed E-state index contributed by atoms with van der Waals surface area (Å²) in [4.78, 5) is -0.345. The molecule has 1 rings (SSSR count). The highest BCUT2D eigenvalue weighted by molar-refractivity contribution is 7.89. The van der Waals surface area contributed by atoms with Crippen molar-refractivity contribution in [3.8, 4) is 0 Å². The largest absolute Gasteiger partial charge is 0.380 e. The Balaban J connectivity index is 2.63. The molecule has 0 spiro atoms. The maximum atomic E-state index is 13.5. The highest BCUT2D eigenvalue weighted by Gasteiger charge is 2.21. The highest BCUT2D eigenvalue weighted by atomic mass is 35.5. The molecule has 0 heterocycles. The summed E-state index contributed by atoms with van der Waals surface area (Å²) >= 11 is 16.6. The van der Waals surface area contributed by atoms with Gasteiger partial charge in [-0.15, -0.1) is 11.6 Å². The van der Waals surface area contributed by atoms with Gasteiger partial charge in [0.05, 0.1) is 16.7 Å². The minimum Gasteiger partial charge on any atom is -0.380 e. The van der Waals surface area contributed by atoms with Crippen LogP contribution in [-0.4, -0.2) is 34.1 Å². The summed E-state index contributed by atoms with van der Waals surface area (Å²) in [7, 11) is -3.89. The zero-order valence-corrected chi connectivity index (χ0v) is 13.4. The second kappa shape index (κ2) is 8.36. The maximum Gasteiger partial charge on any atom is 0.242 e. The first kappa shape index (κ1) is 17.9. The fourth-order valence-corrected chi connectivity index (χ4v) is 3.26. The van der Waals surface area contributed by atoms with E-state index in [1.165, 1.54) is 0 Å². The van der Waals surface area contributed by atoms with Crippen LogP contribution in [0.3, 0.4) is 0 Å². The molecule has 0 aliphatic heterocycles. The first-order valence-electron chi connectivity index (χ1n) is 5.67. The van der Waals surface area contributed by atoms with E-state index in [-0.39, 0.29) is 16.5 Å². The number of sulfonamides is 1. The Morgan fingerprint density at radius 1 is 1.25 bits per heavy atom. The van der Waals surface area contributed by atoms with E-state index in [9.17, 15) is 12.8 Å². The predicted octanol–water partition coefficient (Wildman–Crippen LogP) is 3.06. The molecule has 1 aromatic rings. The lowest BCUT2D eigenvalue weighted by Crippen LogP contribution is -2.26. The molecule has 20 heavy (non-hydrogen) atoms. The number of alkyl halides is 1. The van der Waals surface area contributed by atoms with Crippen molar-refractivity contribution in [2.45, 2.75) is 11.3 Å². The lowest BCUT2D eigenvalue weighted by molar-refractivity contribution is 0.147. The van der Waals surface area contributed by atoms with Crippen molar-refractivity contribution in [1.29, 1.82) is 0 Å². The van der Waals surface area contributed by atoms with Gasteiger partial charge in [-0.05, 0) is 18.6 Å². The second-order valence-corrected chi connectivity index (χ2v) is 6.62. The Kier molecular flexibility index (Phi) is 7.50. The van der Waals surface area contributed by atoms with E-state index in [0.29, 0.717) is 25.5 Å². The Morgan fingerprint density at radius 3 is 2.60 bits per heavy atom. The Bertz CT molecular complexity index is 554. The summed E-state index contributed by atoms with van der Waals surface area (Å²) in [5.74, 6) is -0.576. The summed E-state index contributed by atoms with van der Waals surface area (Å²) in [6.45, 7) is 0.922. The van der Waals surface area contributed by atoms with E-state index < -0.39 is 20.9 Å². The predicted molar refractivity (Wildman–Crippen MR) is 77.8 cm³/mol. The van der Waals surface area contributed by atoms with Crippen molar-refractivity contribution in [1.82, 2.24) is 4.72 Å². The lowest BCUT2D eigenvalue weighted by atomic mass is 10.3. The molecule has 0 aromatic heterocycles. The first-order valence-corrected chi connectivity index (χ1v) is 8.44. The molecule has 0 saturated heterocycles. The van der Waals surface area contributed by atoms with Gasteiger partial charge in [-0.3, -0.25) is 0 Å². The van der Waals surface area contributed by atoms with Crippen LogP contribution in [0.15, 0.2) is 17.0 Å². The first-order chi connectivity index (χ1) is 9.40. The molecule has 0 atom stereocenters. The molecule has 0 fully saturated rings. The molecule has 0 bridgehead atoms. The van der Waals surface area contributed by atoms with E-state index in [1.807, 2.05) is 0 Å². The topological polar surface area (TPSA) is 55.4 Å². The van der Waals surface area contributed by atoms with E-state index in [0.717, 1.165) is 12.1 Å². The van der Waals surface area contributed by atoms with Crippen LogP contribution in [0.25, 0.3) is 0 Å². The molecule has 0 saturated carbocycles. The second-order valence-electron chi connectivity index (χ2n) is 3.73. The molecule has 1 aromatic carbocycles. The quantitative estimate of drug-likeness (QED) is 0.438. The van der Waals surface area contributed by atoms with Crippen molar-refractivity contribution in [2.24, 2.45) is 0 Å². The number of hydrogen-bond donors (Lipinski definition) is 1. The van der Waals surface area contributed by atoms with Gasteiger partial charge in [-0.2, -0.15) is 0 Å². The van der Waals surface area contributed by atoms with Crippen LogP contribution < -0.4 is 4.72 Å². The van der Waals surface area contributed by atoms with Crippen LogP contribution in [0.2, 0.25) is 10.0 Å². The van der Waals surface area contributed by atoms with Crippen LogP contribution in [0, 0.1) is 5.82 Å². The summed E-state index contributed by atoms with van der Waals surface area (Å²) in [5, 5.41) is -0.758. The molecular weight excluding hydrogens is 352 g/mol. The van der Waals surface area contributed by atoms with E-state index in [1.54, 1.807) is 0 Å². The molecule has 114 valence electrons. The van der Waals surface area contributed by atoms with Crippen LogP contribution in [0.5, 0.6) is 0 Å². The number of hydrogen-bond acceptors (Lipinski definition) is 3. The SMILES string of the molecule is O=S(=O)(NCCCOCCCl)c1ccc(Cl)c(F)c1Cl. The van der Waals surface area contributed by atoms with Gasteiger partial charge in [-0.25, -0.2) is 17.5 Å². The van der Waals surface area contributed by atoms with Crippen LogP contribution in [0.4, 0.5) is 4.39 Å². The van der Waals surface area contributed by atoms with Gasteiger partial charge in [0.25, 0.3) is 0 Å². The van der Waals surface area contributed by atoms with Crippen molar-refractivity contribution < 1.29 is 17.5 Å². The van der Waals surface area contributed by atoms with Gasteiger partial charge in [0.2, 0.25) is 10.0 Å². The number of rotatable bonds is 8. The van der Waals surface area contributed by atoms with E-state index in [2.05, 4.69) is 4.72 Å². The van der Waals surface area contributed by atoms with Gasteiger partial charge >= 0.3 is 0 Å². The fourth-order valence-electron chi connectivity index (χ4n) is 1.33. The molecule has 0 amide bonds. The van der Waals surface area contributed by atoms with Gasteiger partial charge in [0.15, 0.2) is 5.82 Å².